The molecule has 5 nitrogen and oxygen atoms in total. The van der Waals surface area contributed by atoms with Gasteiger partial charge in [0, 0.05) is 38.0 Å². The molecule has 6 heteroatoms. The Balaban J connectivity index is 0.00000182. The molecule has 2 N–H and O–H groups in total. The van der Waals surface area contributed by atoms with Gasteiger partial charge in [-0.1, -0.05) is 18.2 Å². The highest BCUT2D eigenvalue weighted by molar-refractivity contribution is 6.03. The monoisotopic (exact) mass is 360 g/mol. The molecule has 2 heterocycles. The quantitative estimate of drug-likeness (QED) is 0.882. The van der Waals surface area contributed by atoms with Crippen LogP contribution in [-0.4, -0.2) is 11.7 Å². The molecule has 1 aromatic heterocycles. The van der Waals surface area contributed by atoms with E-state index in [0.717, 1.165) is 31.5 Å². The summed E-state index contributed by atoms with van der Waals surface area (Å²) in [6, 6.07) is 6.27. The van der Waals surface area contributed by atoms with Crippen molar-refractivity contribution >= 4 is 24.1 Å². The van der Waals surface area contributed by atoms with E-state index in [1.807, 2.05) is 6.07 Å². The van der Waals surface area contributed by atoms with Gasteiger partial charge in [-0.15, -0.1) is 12.4 Å². The lowest BCUT2D eigenvalue weighted by atomic mass is 9.94. The highest BCUT2D eigenvalue weighted by Crippen LogP contribution is 2.29. The van der Waals surface area contributed by atoms with Gasteiger partial charge >= 0.3 is 0 Å². The van der Waals surface area contributed by atoms with Crippen LogP contribution in [0, 0.1) is 6.92 Å². The van der Waals surface area contributed by atoms with Gasteiger partial charge < -0.3 is 15.1 Å². The number of hydrogen-bond acceptors (Lipinski definition) is 4. The summed E-state index contributed by atoms with van der Waals surface area (Å²) in [5.41, 5.74) is 4.96. The first-order valence-corrected chi connectivity index (χ1v) is 8.38. The largest absolute Gasteiger partial charge is 0.455 e. The smallest absolute Gasteiger partial charge is 0.287 e. The third kappa shape index (κ3) is 3.22. The minimum Gasteiger partial charge on any atom is -0.455 e. The third-order valence-electron chi connectivity index (χ3n) is 4.87. The molecule has 4 rings (SSSR count). The number of ketones is 1. The third-order valence-corrected chi connectivity index (χ3v) is 4.87. The number of halogens is 1. The second kappa shape index (κ2) is 7.02. The lowest BCUT2D eigenvalue weighted by Crippen LogP contribution is -2.23. The van der Waals surface area contributed by atoms with Gasteiger partial charge in [0.05, 0.1) is 5.56 Å². The van der Waals surface area contributed by atoms with E-state index in [-0.39, 0.29) is 29.9 Å². The van der Waals surface area contributed by atoms with Crippen LogP contribution in [0.1, 0.15) is 61.8 Å². The predicted octanol–water partition coefficient (Wildman–Crippen LogP) is 3.06. The predicted molar refractivity (Wildman–Crippen MR) is 96.1 cm³/mol. The number of benzene rings is 1. The fourth-order valence-corrected chi connectivity index (χ4v) is 3.59. The summed E-state index contributed by atoms with van der Waals surface area (Å²) in [6.07, 6.45) is 2.06. The lowest BCUT2D eigenvalue weighted by Gasteiger charge is -2.07. The fourth-order valence-electron chi connectivity index (χ4n) is 3.59. The Morgan fingerprint density at radius 2 is 2.04 bits per heavy atom. The van der Waals surface area contributed by atoms with Gasteiger partial charge in [-0.05, 0) is 30.0 Å². The van der Waals surface area contributed by atoms with Crippen molar-refractivity contribution in [3.05, 3.63) is 57.5 Å². The second-order valence-corrected chi connectivity index (χ2v) is 6.52. The van der Waals surface area contributed by atoms with Gasteiger partial charge in [0.25, 0.3) is 5.91 Å². The van der Waals surface area contributed by atoms with E-state index in [1.54, 1.807) is 6.92 Å². The first-order chi connectivity index (χ1) is 11.6. The first-order valence-electron chi connectivity index (χ1n) is 8.38. The van der Waals surface area contributed by atoms with E-state index in [0.29, 0.717) is 29.9 Å². The van der Waals surface area contributed by atoms with Gasteiger partial charge in [-0.25, -0.2) is 0 Å². The molecule has 1 aromatic carbocycles. The highest BCUT2D eigenvalue weighted by atomic mass is 35.5. The summed E-state index contributed by atoms with van der Waals surface area (Å²) in [5.74, 6) is 0.770. The van der Waals surface area contributed by atoms with Crippen molar-refractivity contribution < 1.29 is 14.0 Å². The number of fused-ring (bicyclic) bond motifs is 2. The van der Waals surface area contributed by atoms with Crippen LogP contribution in [0.3, 0.4) is 0 Å². The fraction of sp³-hybridized carbons (Fsp3) is 0.368. The van der Waals surface area contributed by atoms with E-state index < -0.39 is 0 Å². The van der Waals surface area contributed by atoms with Crippen molar-refractivity contribution in [3.8, 4) is 0 Å². The number of hydrogen-bond donors (Lipinski definition) is 2. The van der Waals surface area contributed by atoms with E-state index in [1.165, 1.54) is 11.1 Å². The molecule has 0 spiro atoms. The molecule has 0 radical (unpaired) electrons. The number of Topliss-reactive ketones (excluding diaryl/α,β-unsaturated/α-hetero) is 1. The van der Waals surface area contributed by atoms with Crippen LogP contribution in [0.15, 0.2) is 22.6 Å². The van der Waals surface area contributed by atoms with E-state index >= 15 is 0 Å². The average molecular weight is 361 g/mol. The summed E-state index contributed by atoms with van der Waals surface area (Å²) in [7, 11) is 0. The van der Waals surface area contributed by atoms with Gasteiger partial charge in [-0.3, -0.25) is 9.59 Å². The number of carbonyl (C=O) groups excluding carboxylic acids is 2. The number of rotatable bonds is 3. The Morgan fingerprint density at radius 1 is 1.24 bits per heavy atom. The first kappa shape index (κ1) is 17.7. The molecule has 1 amide bonds. The summed E-state index contributed by atoms with van der Waals surface area (Å²) in [4.78, 5) is 24.5. The Labute approximate surface area is 152 Å². The molecule has 2 aromatic rings. The minimum absolute atomic E-state index is 0. The molecule has 1 aliphatic heterocycles. The Kier molecular flexibility index (Phi) is 4.97. The van der Waals surface area contributed by atoms with Crippen molar-refractivity contribution in [2.45, 2.75) is 45.8 Å². The van der Waals surface area contributed by atoms with Crippen molar-refractivity contribution in [1.82, 2.24) is 10.6 Å². The van der Waals surface area contributed by atoms with Crippen LogP contribution >= 0.6 is 12.4 Å². The van der Waals surface area contributed by atoms with E-state index in [2.05, 4.69) is 22.8 Å². The van der Waals surface area contributed by atoms with Crippen LogP contribution in [0.4, 0.5) is 0 Å². The van der Waals surface area contributed by atoms with Gasteiger partial charge in [0.2, 0.25) is 0 Å². The Bertz CT molecular complexity index is 841. The highest BCUT2D eigenvalue weighted by Gasteiger charge is 2.28. The summed E-state index contributed by atoms with van der Waals surface area (Å²) in [6.45, 7) is 4.03. The molecular formula is C19H21ClN2O3. The van der Waals surface area contributed by atoms with E-state index in [4.69, 9.17) is 4.42 Å². The number of carbonyl (C=O) groups is 2. The molecule has 0 unspecified atom stereocenters. The summed E-state index contributed by atoms with van der Waals surface area (Å²) >= 11 is 0. The maximum absolute atomic E-state index is 12.5. The number of nitrogens with one attached hydrogen (secondary N) is 2. The van der Waals surface area contributed by atoms with Gasteiger partial charge in [-0.2, -0.15) is 0 Å². The Morgan fingerprint density at radius 3 is 2.84 bits per heavy atom. The lowest BCUT2D eigenvalue weighted by molar-refractivity contribution is 0.0917. The zero-order valence-electron chi connectivity index (χ0n) is 14.1. The second-order valence-electron chi connectivity index (χ2n) is 6.52. The standard InChI is InChI=1S/C19H20N2O3.ClH/c1-11-17-15(22)3-2-4-16(17)24-18(11)19(23)21-8-12-5-6-13-9-20-10-14(13)7-12;/h5-7,20H,2-4,8-10H2,1H3,(H,21,23);1H. The molecule has 0 bridgehead atoms. The van der Waals surface area contributed by atoms with Crippen LogP contribution in [-0.2, 0) is 26.1 Å². The molecule has 0 saturated carbocycles. The minimum atomic E-state index is -0.256. The van der Waals surface area contributed by atoms with Gasteiger partial charge in [0.15, 0.2) is 11.5 Å². The molecule has 1 aliphatic carbocycles. The van der Waals surface area contributed by atoms with Crippen molar-refractivity contribution in [3.63, 3.8) is 0 Å². The van der Waals surface area contributed by atoms with Crippen molar-refractivity contribution in [2.75, 3.05) is 0 Å². The number of amides is 1. The summed E-state index contributed by atoms with van der Waals surface area (Å²) in [5, 5.41) is 6.22. The molecular weight excluding hydrogens is 340 g/mol. The molecule has 132 valence electrons. The number of aryl methyl sites for hydroxylation is 1. The maximum atomic E-state index is 12.5. The van der Waals surface area contributed by atoms with Crippen molar-refractivity contribution in [1.29, 1.82) is 0 Å². The average Bonchev–Trinajstić information content (AvgIpc) is 3.17. The molecule has 25 heavy (non-hydrogen) atoms. The normalized spacial score (nSPS) is 15.3. The SMILES string of the molecule is Cc1c(C(=O)NCc2ccc3c(c2)CNC3)oc2c1C(=O)CCC2.Cl. The Hall–Kier alpha value is -2.11. The van der Waals surface area contributed by atoms with E-state index in [9.17, 15) is 9.59 Å². The van der Waals surface area contributed by atoms with Gasteiger partial charge in [0.1, 0.15) is 5.76 Å². The maximum Gasteiger partial charge on any atom is 0.287 e. The zero-order chi connectivity index (χ0) is 16.7. The van der Waals surface area contributed by atoms with Crippen LogP contribution < -0.4 is 10.6 Å². The molecule has 2 aliphatic rings. The number of furan rings is 1. The topological polar surface area (TPSA) is 71.3 Å². The van der Waals surface area contributed by atoms with Crippen LogP contribution in [0.2, 0.25) is 0 Å². The molecule has 0 atom stereocenters. The summed E-state index contributed by atoms with van der Waals surface area (Å²) < 4.78 is 5.69. The molecule has 0 saturated heterocycles. The molecule has 0 fully saturated rings. The van der Waals surface area contributed by atoms with Crippen LogP contribution in [0.5, 0.6) is 0 Å². The van der Waals surface area contributed by atoms with Crippen molar-refractivity contribution in [2.24, 2.45) is 0 Å². The zero-order valence-corrected chi connectivity index (χ0v) is 14.9. The van der Waals surface area contributed by atoms with Crippen LogP contribution in [0.25, 0.3) is 0 Å².